The van der Waals surface area contributed by atoms with Crippen molar-refractivity contribution in [2.45, 2.75) is 39.0 Å². The first-order chi connectivity index (χ1) is 8.75. The minimum absolute atomic E-state index is 0.493. The molecule has 0 bridgehead atoms. The predicted octanol–water partition coefficient (Wildman–Crippen LogP) is 2.40. The third-order valence-corrected chi connectivity index (χ3v) is 3.57. The van der Waals surface area contributed by atoms with Crippen LogP contribution in [0.25, 0.3) is 0 Å². The maximum Gasteiger partial charge on any atom is 0.222 e. The van der Waals surface area contributed by atoms with E-state index in [0.717, 1.165) is 25.0 Å². The molecule has 1 aliphatic heterocycles. The van der Waals surface area contributed by atoms with Gasteiger partial charge in [0.15, 0.2) is 0 Å². The number of rotatable bonds is 5. The molecular formula is C14H24N4. The molecule has 0 spiro atoms. The van der Waals surface area contributed by atoms with Crippen LogP contribution >= 0.6 is 0 Å². The Hall–Kier alpha value is -1.16. The van der Waals surface area contributed by atoms with Crippen LogP contribution in [0.3, 0.4) is 0 Å². The van der Waals surface area contributed by atoms with Gasteiger partial charge in [0.25, 0.3) is 0 Å². The Bertz CT molecular complexity index is 341. The number of nitrogens with zero attached hydrogens (tertiary/aromatic N) is 2. The summed E-state index contributed by atoms with van der Waals surface area (Å²) in [5, 5.41) is 6.75. The first-order valence-corrected chi connectivity index (χ1v) is 7.02. The summed E-state index contributed by atoms with van der Waals surface area (Å²) in [6, 6.07) is 0. The Morgan fingerprint density at radius 3 is 2.78 bits per heavy atom. The summed E-state index contributed by atoms with van der Waals surface area (Å²) in [5.74, 6) is 2.05. The van der Waals surface area contributed by atoms with Crippen LogP contribution in [-0.4, -0.2) is 29.6 Å². The lowest BCUT2D eigenvalue weighted by atomic mass is 9.96. The van der Waals surface area contributed by atoms with E-state index < -0.39 is 0 Å². The van der Waals surface area contributed by atoms with Crippen LogP contribution in [-0.2, 0) is 0 Å². The van der Waals surface area contributed by atoms with Crippen molar-refractivity contribution in [3.63, 3.8) is 0 Å². The molecule has 0 radical (unpaired) electrons. The molecule has 4 heteroatoms. The van der Waals surface area contributed by atoms with E-state index in [9.17, 15) is 0 Å². The van der Waals surface area contributed by atoms with E-state index in [0.29, 0.717) is 5.92 Å². The van der Waals surface area contributed by atoms with Gasteiger partial charge in [-0.05, 0) is 49.8 Å². The number of hydrogen-bond acceptors (Lipinski definition) is 4. The predicted molar refractivity (Wildman–Crippen MR) is 74.8 cm³/mol. The molecular weight excluding hydrogens is 224 g/mol. The lowest BCUT2D eigenvalue weighted by Crippen LogP contribution is -2.30. The van der Waals surface area contributed by atoms with E-state index in [1.54, 1.807) is 0 Å². The highest BCUT2D eigenvalue weighted by atomic mass is 15.1. The monoisotopic (exact) mass is 248 g/mol. The zero-order valence-corrected chi connectivity index (χ0v) is 11.4. The highest BCUT2D eigenvalue weighted by Crippen LogP contribution is 2.15. The number of hydrogen-bond donors (Lipinski definition) is 2. The molecule has 1 aromatic rings. The van der Waals surface area contributed by atoms with Gasteiger partial charge in [0.05, 0.1) is 0 Å². The number of nitrogens with one attached hydrogen (secondary N) is 2. The van der Waals surface area contributed by atoms with Gasteiger partial charge in [-0.25, -0.2) is 9.97 Å². The molecule has 1 fully saturated rings. The van der Waals surface area contributed by atoms with Crippen LogP contribution in [0, 0.1) is 5.92 Å². The van der Waals surface area contributed by atoms with E-state index in [1.165, 1.54) is 31.4 Å². The van der Waals surface area contributed by atoms with Gasteiger partial charge in [0.1, 0.15) is 0 Å². The number of piperidine rings is 1. The van der Waals surface area contributed by atoms with Crippen molar-refractivity contribution in [1.29, 1.82) is 0 Å². The molecule has 1 unspecified atom stereocenters. The van der Waals surface area contributed by atoms with Gasteiger partial charge < -0.3 is 10.6 Å². The SMILES string of the molecule is CC(C)c1cnc(NCCC2CCCNC2)nc1. The zero-order valence-electron chi connectivity index (χ0n) is 11.4. The second kappa shape index (κ2) is 6.69. The van der Waals surface area contributed by atoms with Crippen LogP contribution in [0.2, 0.25) is 0 Å². The minimum Gasteiger partial charge on any atom is -0.354 e. The van der Waals surface area contributed by atoms with Crippen LogP contribution in [0.15, 0.2) is 12.4 Å². The number of aromatic nitrogens is 2. The smallest absolute Gasteiger partial charge is 0.222 e. The van der Waals surface area contributed by atoms with Crippen LogP contribution < -0.4 is 10.6 Å². The van der Waals surface area contributed by atoms with Gasteiger partial charge in [-0.2, -0.15) is 0 Å². The van der Waals surface area contributed by atoms with Gasteiger partial charge in [-0.15, -0.1) is 0 Å². The fraction of sp³-hybridized carbons (Fsp3) is 0.714. The Labute approximate surface area is 110 Å². The topological polar surface area (TPSA) is 49.8 Å². The fourth-order valence-corrected chi connectivity index (χ4v) is 2.29. The second-order valence-corrected chi connectivity index (χ2v) is 5.42. The summed E-state index contributed by atoms with van der Waals surface area (Å²) in [6.45, 7) is 7.62. The van der Waals surface area contributed by atoms with Gasteiger partial charge in [0.2, 0.25) is 5.95 Å². The van der Waals surface area contributed by atoms with Crippen molar-refractivity contribution in [1.82, 2.24) is 15.3 Å². The fourth-order valence-electron chi connectivity index (χ4n) is 2.29. The van der Waals surface area contributed by atoms with Crippen molar-refractivity contribution >= 4 is 5.95 Å². The summed E-state index contributed by atoms with van der Waals surface area (Å²) in [5.41, 5.74) is 1.19. The molecule has 0 aromatic carbocycles. The molecule has 4 nitrogen and oxygen atoms in total. The first kappa shape index (κ1) is 13.3. The zero-order chi connectivity index (χ0) is 12.8. The van der Waals surface area contributed by atoms with E-state index in [2.05, 4.69) is 34.4 Å². The molecule has 100 valence electrons. The van der Waals surface area contributed by atoms with E-state index in [-0.39, 0.29) is 0 Å². The maximum atomic E-state index is 4.34. The lowest BCUT2D eigenvalue weighted by Gasteiger charge is -2.22. The molecule has 0 aliphatic carbocycles. The van der Waals surface area contributed by atoms with Crippen molar-refractivity contribution < 1.29 is 0 Å². The van der Waals surface area contributed by atoms with Crippen molar-refractivity contribution in [3.8, 4) is 0 Å². The highest BCUT2D eigenvalue weighted by molar-refractivity contribution is 5.25. The normalized spacial score (nSPS) is 20.1. The molecule has 1 aliphatic rings. The molecule has 1 aromatic heterocycles. The Morgan fingerprint density at radius 2 is 2.17 bits per heavy atom. The summed E-state index contributed by atoms with van der Waals surface area (Å²) in [7, 11) is 0. The Kier molecular flexibility index (Phi) is 4.93. The van der Waals surface area contributed by atoms with Crippen LogP contribution in [0.5, 0.6) is 0 Å². The first-order valence-electron chi connectivity index (χ1n) is 7.02. The van der Waals surface area contributed by atoms with E-state index in [1.807, 2.05) is 12.4 Å². The van der Waals surface area contributed by atoms with E-state index in [4.69, 9.17) is 0 Å². The molecule has 2 rings (SSSR count). The Balaban J connectivity index is 1.72. The molecule has 0 amide bonds. The third-order valence-electron chi connectivity index (χ3n) is 3.57. The summed E-state index contributed by atoms with van der Waals surface area (Å²) in [4.78, 5) is 8.69. The summed E-state index contributed by atoms with van der Waals surface area (Å²) in [6.07, 6.45) is 7.69. The largest absolute Gasteiger partial charge is 0.354 e. The third kappa shape index (κ3) is 3.95. The molecule has 0 saturated carbocycles. The minimum atomic E-state index is 0.493. The quantitative estimate of drug-likeness (QED) is 0.840. The summed E-state index contributed by atoms with van der Waals surface area (Å²) >= 11 is 0. The standard InChI is InChI=1S/C14H24N4/c1-11(2)13-9-17-14(18-10-13)16-7-5-12-4-3-6-15-8-12/h9-12,15H,3-8H2,1-2H3,(H,16,17,18). The molecule has 1 atom stereocenters. The van der Waals surface area contributed by atoms with Crippen molar-refractivity contribution in [3.05, 3.63) is 18.0 Å². The van der Waals surface area contributed by atoms with Gasteiger partial charge in [-0.3, -0.25) is 0 Å². The van der Waals surface area contributed by atoms with Gasteiger partial charge in [0, 0.05) is 18.9 Å². The van der Waals surface area contributed by atoms with Gasteiger partial charge in [-0.1, -0.05) is 13.8 Å². The van der Waals surface area contributed by atoms with Crippen molar-refractivity contribution in [2.24, 2.45) is 5.92 Å². The second-order valence-electron chi connectivity index (χ2n) is 5.42. The van der Waals surface area contributed by atoms with Crippen LogP contribution in [0.1, 0.15) is 44.6 Å². The molecule has 18 heavy (non-hydrogen) atoms. The Morgan fingerprint density at radius 1 is 1.39 bits per heavy atom. The lowest BCUT2D eigenvalue weighted by molar-refractivity contribution is 0.364. The van der Waals surface area contributed by atoms with E-state index >= 15 is 0 Å². The molecule has 2 N–H and O–H groups in total. The average Bonchev–Trinajstić information content (AvgIpc) is 2.40. The number of anilines is 1. The van der Waals surface area contributed by atoms with Crippen molar-refractivity contribution in [2.75, 3.05) is 25.0 Å². The highest BCUT2D eigenvalue weighted by Gasteiger charge is 2.12. The molecule has 1 saturated heterocycles. The average molecular weight is 248 g/mol. The summed E-state index contributed by atoms with van der Waals surface area (Å²) < 4.78 is 0. The molecule has 2 heterocycles. The van der Waals surface area contributed by atoms with Gasteiger partial charge >= 0.3 is 0 Å². The maximum absolute atomic E-state index is 4.34. The van der Waals surface area contributed by atoms with Crippen LogP contribution in [0.4, 0.5) is 5.95 Å².